The zero-order valence-corrected chi connectivity index (χ0v) is 19.6. The number of benzene rings is 1. The van der Waals surface area contributed by atoms with Crippen LogP contribution in [0.1, 0.15) is 38.8 Å². The van der Waals surface area contributed by atoms with Gasteiger partial charge in [0.05, 0.1) is 28.5 Å². The first-order chi connectivity index (χ1) is 14.8. The molecule has 2 aromatic heterocycles. The molecule has 8 heteroatoms. The van der Waals surface area contributed by atoms with Gasteiger partial charge in [0.25, 0.3) is 0 Å². The molecule has 4 rings (SSSR count). The molecular formula is C23H29ClN6O. The normalized spacial score (nSPS) is 15.5. The molecule has 0 aliphatic carbocycles. The molecule has 1 aliphatic heterocycles. The number of nitrogens with zero attached hydrogens (tertiary/aromatic N) is 6. The highest BCUT2D eigenvalue weighted by molar-refractivity contribution is 6.35. The van der Waals surface area contributed by atoms with E-state index in [1.165, 1.54) is 0 Å². The summed E-state index contributed by atoms with van der Waals surface area (Å²) >= 11 is 6.36. The first kappa shape index (κ1) is 21.7. The molecule has 7 nitrogen and oxygen atoms in total. The molecule has 0 bridgehead atoms. The number of piperazine rings is 1. The molecule has 1 aliphatic rings. The van der Waals surface area contributed by atoms with Crippen LogP contribution in [0.15, 0.2) is 24.3 Å². The molecule has 164 valence electrons. The summed E-state index contributed by atoms with van der Waals surface area (Å²) in [4.78, 5) is 23.2. The summed E-state index contributed by atoms with van der Waals surface area (Å²) in [7, 11) is 4.03. The van der Waals surface area contributed by atoms with Gasteiger partial charge in [-0.1, -0.05) is 23.7 Å². The molecule has 1 aromatic carbocycles. The fraction of sp³-hybridized carbons (Fsp3) is 0.435. The van der Waals surface area contributed by atoms with E-state index in [1.807, 2.05) is 40.0 Å². The molecule has 0 saturated carbocycles. The third kappa shape index (κ3) is 4.05. The highest BCUT2D eigenvalue weighted by atomic mass is 35.5. The van der Waals surface area contributed by atoms with Crippen LogP contribution in [-0.4, -0.2) is 68.1 Å². The standard InChI is InChI=1S/C23H29ClN6O/c1-15-17(3)30(20(25-15)14-29-12-10-27(4)11-13-29)23-21(16(2)26-28(23)5)22(31)18-8-6-7-9-19(18)24/h6-9H,10-14H2,1-5H3. The maximum absolute atomic E-state index is 13.6. The van der Waals surface area contributed by atoms with Gasteiger partial charge >= 0.3 is 0 Å². The Morgan fingerprint density at radius 3 is 2.39 bits per heavy atom. The number of halogens is 1. The molecule has 1 fully saturated rings. The Labute approximate surface area is 188 Å². The highest BCUT2D eigenvalue weighted by Gasteiger charge is 2.28. The van der Waals surface area contributed by atoms with Gasteiger partial charge in [0.15, 0.2) is 5.78 Å². The van der Waals surface area contributed by atoms with Gasteiger partial charge in [0.1, 0.15) is 11.6 Å². The number of rotatable bonds is 5. The molecule has 1 saturated heterocycles. The van der Waals surface area contributed by atoms with Crippen molar-refractivity contribution in [3.05, 3.63) is 63.3 Å². The summed E-state index contributed by atoms with van der Waals surface area (Å²) in [6.07, 6.45) is 0. The van der Waals surface area contributed by atoms with E-state index in [9.17, 15) is 4.79 Å². The summed E-state index contributed by atoms with van der Waals surface area (Å²) in [5.41, 5.74) is 3.70. The molecule has 3 heterocycles. The molecule has 31 heavy (non-hydrogen) atoms. The molecule has 0 atom stereocenters. The Morgan fingerprint density at radius 1 is 1.03 bits per heavy atom. The molecular weight excluding hydrogens is 412 g/mol. The van der Waals surface area contributed by atoms with Gasteiger partial charge in [-0.05, 0) is 40.0 Å². The Balaban J connectivity index is 1.80. The SMILES string of the molecule is Cc1nn(C)c(-n2c(CN3CCN(C)CC3)nc(C)c2C)c1C(=O)c1ccccc1Cl. The van der Waals surface area contributed by atoms with Crippen LogP contribution in [0, 0.1) is 20.8 Å². The highest BCUT2D eigenvalue weighted by Crippen LogP contribution is 2.28. The molecule has 3 aromatic rings. The Hall–Kier alpha value is -2.48. The maximum Gasteiger partial charge on any atom is 0.200 e. The van der Waals surface area contributed by atoms with Gasteiger partial charge in [-0.2, -0.15) is 5.10 Å². The third-order valence-electron chi connectivity index (χ3n) is 6.12. The van der Waals surface area contributed by atoms with Gasteiger partial charge in [-0.25, -0.2) is 4.98 Å². The van der Waals surface area contributed by atoms with Crippen LogP contribution in [0.2, 0.25) is 5.02 Å². The summed E-state index contributed by atoms with van der Waals surface area (Å²) in [5, 5.41) is 5.04. The van der Waals surface area contributed by atoms with Crippen molar-refractivity contribution >= 4 is 17.4 Å². The molecule has 0 radical (unpaired) electrons. The molecule has 0 unspecified atom stereocenters. The summed E-state index contributed by atoms with van der Waals surface area (Å²) in [6, 6.07) is 7.16. The van der Waals surface area contributed by atoms with E-state index in [4.69, 9.17) is 16.6 Å². The van der Waals surface area contributed by atoms with E-state index >= 15 is 0 Å². The van der Waals surface area contributed by atoms with Gasteiger partial charge in [-0.15, -0.1) is 0 Å². The lowest BCUT2D eigenvalue weighted by atomic mass is 10.0. The quantitative estimate of drug-likeness (QED) is 0.570. The minimum absolute atomic E-state index is 0.123. The number of likely N-dealkylation sites (N-methyl/N-ethyl adjacent to an activating group) is 1. The number of hydrogen-bond acceptors (Lipinski definition) is 5. The van der Waals surface area contributed by atoms with E-state index in [1.54, 1.807) is 16.8 Å². The van der Waals surface area contributed by atoms with E-state index < -0.39 is 0 Å². The van der Waals surface area contributed by atoms with Crippen LogP contribution in [-0.2, 0) is 13.6 Å². The number of ketones is 1. The average molecular weight is 441 g/mol. The van der Waals surface area contributed by atoms with Crippen molar-refractivity contribution < 1.29 is 4.79 Å². The van der Waals surface area contributed by atoms with Crippen LogP contribution >= 0.6 is 11.6 Å². The van der Waals surface area contributed by atoms with E-state index in [2.05, 4.69) is 26.5 Å². The Bertz CT molecular complexity index is 1120. The predicted molar refractivity (Wildman–Crippen MR) is 122 cm³/mol. The zero-order valence-electron chi connectivity index (χ0n) is 18.8. The van der Waals surface area contributed by atoms with Crippen LogP contribution in [0.4, 0.5) is 0 Å². The number of carbonyl (C=O) groups is 1. The van der Waals surface area contributed by atoms with E-state index in [0.29, 0.717) is 21.8 Å². The molecule has 0 amide bonds. The average Bonchev–Trinajstić information content (AvgIpc) is 3.17. The monoisotopic (exact) mass is 440 g/mol. The van der Waals surface area contributed by atoms with Crippen molar-refractivity contribution in [1.82, 2.24) is 29.1 Å². The van der Waals surface area contributed by atoms with Gasteiger partial charge in [0.2, 0.25) is 0 Å². The number of aryl methyl sites for hydroxylation is 3. The van der Waals surface area contributed by atoms with Gasteiger partial charge < -0.3 is 4.90 Å². The first-order valence-electron chi connectivity index (χ1n) is 10.6. The van der Waals surface area contributed by atoms with Crippen LogP contribution in [0.3, 0.4) is 0 Å². The second kappa shape index (κ2) is 8.57. The third-order valence-corrected chi connectivity index (χ3v) is 6.45. The summed E-state index contributed by atoms with van der Waals surface area (Å²) < 4.78 is 3.87. The van der Waals surface area contributed by atoms with Crippen LogP contribution in [0.25, 0.3) is 5.82 Å². The zero-order chi connectivity index (χ0) is 22.3. The number of carbonyl (C=O) groups excluding carboxylic acids is 1. The summed E-state index contributed by atoms with van der Waals surface area (Å²) in [6.45, 7) is 10.7. The smallest absolute Gasteiger partial charge is 0.200 e. The predicted octanol–water partition coefficient (Wildman–Crippen LogP) is 3.16. The number of hydrogen-bond donors (Lipinski definition) is 0. The van der Waals surface area contributed by atoms with Gasteiger partial charge in [-0.3, -0.25) is 18.9 Å². The van der Waals surface area contributed by atoms with E-state index in [0.717, 1.165) is 55.8 Å². The largest absolute Gasteiger partial charge is 0.304 e. The van der Waals surface area contributed by atoms with Crippen molar-refractivity contribution in [2.24, 2.45) is 7.05 Å². The number of imidazole rings is 1. The fourth-order valence-electron chi connectivity index (χ4n) is 4.22. The molecule has 0 spiro atoms. The minimum atomic E-state index is -0.123. The number of aromatic nitrogens is 4. The van der Waals surface area contributed by atoms with Crippen molar-refractivity contribution in [3.8, 4) is 5.82 Å². The van der Waals surface area contributed by atoms with Gasteiger partial charge in [0, 0.05) is 44.5 Å². The Morgan fingerprint density at radius 2 is 1.71 bits per heavy atom. The lowest BCUT2D eigenvalue weighted by Gasteiger charge is -2.32. The maximum atomic E-state index is 13.6. The first-order valence-corrected chi connectivity index (χ1v) is 10.9. The van der Waals surface area contributed by atoms with E-state index in [-0.39, 0.29) is 5.78 Å². The second-order valence-corrected chi connectivity index (χ2v) is 8.74. The van der Waals surface area contributed by atoms with Crippen molar-refractivity contribution in [2.45, 2.75) is 27.3 Å². The second-order valence-electron chi connectivity index (χ2n) is 8.33. The topological polar surface area (TPSA) is 59.2 Å². The van der Waals surface area contributed by atoms with Crippen LogP contribution < -0.4 is 0 Å². The Kier molecular flexibility index (Phi) is 6.01. The lowest BCUT2D eigenvalue weighted by Crippen LogP contribution is -2.44. The fourth-order valence-corrected chi connectivity index (χ4v) is 4.44. The lowest BCUT2D eigenvalue weighted by molar-refractivity contribution is 0.103. The minimum Gasteiger partial charge on any atom is -0.304 e. The van der Waals surface area contributed by atoms with Crippen LogP contribution in [0.5, 0.6) is 0 Å². The van der Waals surface area contributed by atoms with Crippen molar-refractivity contribution in [1.29, 1.82) is 0 Å². The summed E-state index contributed by atoms with van der Waals surface area (Å²) in [5.74, 6) is 1.54. The van der Waals surface area contributed by atoms with Crippen molar-refractivity contribution in [2.75, 3.05) is 33.2 Å². The molecule has 0 N–H and O–H groups in total. The van der Waals surface area contributed by atoms with Crippen molar-refractivity contribution in [3.63, 3.8) is 0 Å².